The highest BCUT2D eigenvalue weighted by Gasteiger charge is 2.22. The number of amides is 1. The molecular formula is C11H10ClN3O3. The van der Waals surface area contributed by atoms with Crippen LogP contribution in [-0.4, -0.2) is 29.3 Å². The van der Waals surface area contributed by atoms with E-state index in [-0.39, 0.29) is 29.2 Å². The molecule has 0 aliphatic heterocycles. The van der Waals surface area contributed by atoms with Crippen LogP contribution in [0.1, 0.15) is 16.8 Å². The van der Waals surface area contributed by atoms with Crippen LogP contribution >= 0.6 is 11.6 Å². The molecule has 0 aliphatic rings. The Balaban J connectivity index is 3.08. The van der Waals surface area contributed by atoms with Crippen molar-refractivity contribution >= 4 is 23.2 Å². The molecule has 1 aromatic carbocycles. The molecule has 0 unspecified atom stereocenters. The maximum Gasteiger partial charge on any atom is 0.282 e. The summed E-state index contributed by atoms with van der Waals surface area (Å²) in [4.78, 5) is 23.4. The van der Waals surface area contributed by atoms with Crippen LogP contribution < -0.4 is 0 Å². The van der Waals surface area contributed by atoms with Gasteiger partial charge in [0.1, 0.15) is 5.56 Å². The van der Waals surface area contributed by atoms with Gasteiger partial charge < -0.3 is 4.90 Å². The quantitative estimate of drug-likeness (QED) is 0.618. The van der Waals surface area contributed by atoms with Crippen LogP contribution in [0.3, 0.4) is 0 Å². The predicted octanol–water partition coefficient (Wildman–Crippen LogP) is 2.23. The molecule has 0 saturated carbocycles. The number of halogens is 1. The summed E-state index contributed by atoms with van der Waals surface area (Å²) in [5.41, 5.74) is -0.374. The molecule has 1 rings (SSSR count). The largest absolute Gasteiger partial charge is 0.340 e. The van der Waals surface area contributed by atoms with Gasteiger partial charge in [0, 0.05) is 24.7 Å². The van der Waals surface area contributed by atoms with E-state index in [0.717, 1.165) is 0 Å². The molecular weight excluding hydrogens is 258 g/mol. The summed E-state index contributed by atoms with van der Waals surface area (Å²) in [6, 6.07) is 5.70. The van der Waals surface area contributed by atoms with Crippen molar-refractivity contribution in [3.63, 3.8) is 0 Å². The van der Waals surface area contributed by atoms with E-state index in [1.165, 1.54) is 30.1 Å². The third kappa shape index (κ3) is 3.18. The molecule has 6 nitrogen and oxygen atoms in total. The van der Waals surface area contributed by atoms with E-state index in [0.29, 0.717) is 0 Å². The first-order valence-corrected chi connectivity index (χ1v) is 5.41. The molecule has 0 saturated heterocycles. The van der Waals surface area contributed by atoms with Crippen LogP contribution in [0.15, 0.2) is 18.2 Å². The maximum absolute atomic E-state index is 12.0. The van der Waals surface area contributed by atoms with E-state index in [2.05, 4.69) is 0 Å². The van der Waals surface area contributed by atoms with E-state index in [1.54, 1.807) is 0 Å². The molecule has 0 bridgehead atoms. The molecule has 0 N–H and O–H groups in total. The number of nitro benzene ring substituents is 1. The van der Waals surface area contributed by atoms with Gasteiger partial charge in [-0.1, -0.05) is 11.6 Å². The van der Waals surface area contributed by atoms with Crippen LogP contribution in [0.5, 0.6) is 0 Å². The number of carbonyl (C=O) groups excluding carboxylic acids is 1. The Hall–Kier alpha value is -2.13. The number of carbonyl (C=O) groups is 1. The van der Waals surface area contributed by atoms with Gasteiger partial charge in [0.2, 0.25) is 0 Å². The van der Waals surface area contributed by atoms with Gasteiger partial charge in [-0.15, -0.1) is 0 Å². The molecule has 94 valence electrons. The van der Waals surface area contributed by atoms with Crippen LogP contribution in [0.4, 0.5) is 5.69 Å². The SMILES string of the molecule is CN(CCC#N)C(=O)c1cc(Cl)ccc1[N+](=O)[O-]. The van der Waals surface area contributed by atoms with E-state index in [9.17, 15) is 14.9 Å². The number of hydrogen-bond donors (Lipinski definition) is 0. The van der Waals surface area contributed by atoms with Crippen LogP contribution in [0.25, 0.3) is 0 Å². The Morgan fingerprint density at radius 1 is 1.61 bits per heavy atom. The van der Waals surface area contributed by atoms with Crippen molar-refractivity contribution < 1.29 is 9.72 Å². The Kier molecular flexibility index (Phi) is 4.63. The molecule has 1 aromatic rings. The number of hydrogen-bond acceptors (Lipinski definition) is 4. The van der Waals surface area contributed by atoms with Crippen molar-refractivity contribution in [3.8, 4) is 6.07 Å². The average molecular weight is 268 g/mol. The summed E-state index contributed by atoms with van der Waals surface area (Å²) in [6.07, 6.45) is 0.163. The third-order valence-corrected chi connectivity index (χ3v) is 2.53. The van der Waals surface area contributed by atoms with E-state index >= 15 is 0 Å². The molecule has 0 radical (unpaired) electrons. The van der Waals surface area contributed by atoms with Crippen molar-refractivity contribution in [1.29, 1.82) is 5.26 Å². The smallest absolute Gasteiger partial charge is 0.282 e. The van der Waals surface area contributed by atoms with Crippen LogP contribution in [-0.2, 0) is 0 Å². The summed E-state index contributed by atoms with van der Waals surface area (Å²) in [5.74, 6) is -0.528. The second-order valence-corrected chi connectivity index (χ2v) is 3.99. The summed E-state index contributed by atoms with van der Waals surface area (Å²) in [7, 11) is 1.48. The molecule has 0 heterocycles. The molecule has 0 spiro atoms. The molecule has 0 atom stereocenters. The van der Waals surface area contributed by atoms with Gasteiger partial charge in [0.15, 0.2) is 0 Å². The van der Waals surface area contributed by atoms with Crippen LogP contribution in [0.2, 0.25) is 5.02 Å². The van der Waals surface area contributed by atoms with E-state index < -0.39 is 10.8 Å². The van der Waals surface area contributed by atoms with Gasteiger partial charge >= 0.3 is 0 Å². The molecule has 0 aliphatic carbocycles. The zero-order chi connectivity index (χ0) is 13.7. The second kappa shape index (κ2) is 5.98. The van der Waals surface area contributed by atoms with Crippen molar-refractivity contribution in [2.24, 2.45) is 0 Å². The molecule has 7 heteroatoms. The van der Waals surface area contributed by atoms with Crippen molar-refractivity contribution in [1.82, 2.24) is 4.90 Å². The van der Waals surface area contributed by atoms with Gasteiger partial charge in [0.25, 0.3) is 11.6 Å². The number of benzene rings is 1. The number of nitriles is 1. The van der Waals surface area contributed by atoms with Gasteiger partial charge in [0.05, 0.1) is 17.4 Å². The summed E-state index contributed by atoms with van der Waals surface area (Å²) in [6.45, 7) is 0.207. The Morgan fingerprint density at radius 3 is 2.83 bits per heavy atom. The lowest BCUT2D eigenvalue weighted by Crippen LogP contribution is -2.28. The standard InChI is InChI=1S/C11H10ClN3O3/c1-14(6-2-5-13)11(16)9-7-8(12)3-4-10(9)15(17)18/h3-4,7H,2,6H2,1H3. The number of nitrogens with zero attached hydrogens (tertiary/aromatic N) is 3. The summed E-state index contributed by atoms with van der Waals surface area (Å²) >= 11 is 5.73. The monoisotopic (exact) mass is 267 g/mol. The molecule has 1 amide bonds. The molecule has 0 fully saturated rings. The fourth-order valence-corrected chi connectivity index (χ4v) is 1.54. The Labute approximate surface area is 109 Å². The topological polar surface area (TPSA) is 87.2 Å². The minimum Gasteiger partial charge on any atom is -0.340 e. The van der Waals surface area contributed by atoms with Crippen molar-refractivity contribution in [2.45, 2.75) is 6.42 Å². The highest BCUT2D eigenvalue weighted by atomic mass is 35.5. The zero-order valence-corrected chi connectivity index (χ0v) is 10.3. The number of nitro groups is 1. The Morgan fingerprint density at radius 2 is 2.28 bits per heavy atom. The minimum atomic E-state index is -0.637. The minimum absolute atomic E-state index is 0.0760. The normalized spacial score (nSPS) is 9.61. The lowest BCUT2D eigenvalue weighted by Gasteiger charge is -2.15. The van der Waals surface area contributed by atoms with E-state index in [4.69, 9.17) is 16.9 Å². The summed E-state index contributed by atoms with van der Waals surface area (Å²) in [5, 5.41) is 19.5. The van der Waals surface area contributed by atoms with Gasteiger partial charge in [-0.3, -0.25) is 14.9 Å². The second-order valence-electron chi connectivity index (χ2n) is 3.55. The lowest BCUT2D eigenvalue weighted by molar-refractivity contribution is -0.385. The number of rotatable bonds is 4. The fraction of sp³-hybridized carbons (Fsp3) is 0.273. The zero-order valence-electron chi connectivity index (χ0n) is 9.59. The predicted molar refractivity (Wildman–Crippen MR) is 65.3 cm³/mol. The maximum atomic E-state index is 12.0. The highest BCUT2D eigenvalue weighted by Crippen LogP contribution is 2.23. The molecule has 18 heavy (non-hydrogen) atoms. The summed E-state index contributed by atoms with van der Waals surface area (Å²) < 4.78 is 0. The highest BCUT2D eigenvalue weighted by molar-refractivity contribution is 6.31. The van der Waals surface area contributed by atoms with Crippen molar-refractivity contribution in [2.75, 3.05) is 13.6 Å². The molecule has 0 aromatic heterocycles. The van der Waals surface area contributed by atoms with E-state index in [1.807, 2.05) is 6.07 Å². The van der Waals surface area contributed by atoms with Gasteiger partial charge in [-0.05, 0) is 12.1 Å². The average Bonchev–Trinajstić information content (AvgIpc) is 2.34. The first kappa shape index (κ1) is 13.9. The first-order valence-electron chi connectivity index (χ1n) is 5.03. The van der Waals surface area contributed by atoms with Crippen molar-refractivity contribution in [3.05, 3.63) is 38.9 Å². The first-order chi connectivity index (χ1) is 8.47. The fourth-order valence-electron chi connectivity index (χ4n) is 1.36. The van der Waals surface area contributed by atoms with Gasteiger partial charge in [-0.2, -0.15) is 5.26 Å². The van der Waals surface area contributed by atoms with Crippen LogP contribution in [0, 0.1) is 21.4 Å². The lowest BCUT2D eigenvalue weighted by atomic mass is 10.1. The Bertz CT molecular complexity index is 525. The van der Waals surface area contributed by atoms with Gasteiger partial charge in [-0.25, -0.2) is 0 Å². The third-order valence-electron chi connectivity index (χ3n) is 2.29.